The lowest BCUT2D eigenvalue weighted by molar-refractivity contribution is 0.873. The normalized spacial score (nSPS) is 11.3. The smallest absolute Gasteiger partial charge is 0.216 e. The molecule has 0 atom stereocenters. The van der Waals surface area contributed by atoms with Crippen molar-refractivity contribution in [2.45, 2.75) is 0 Å². The maximum atomic E-state index is 5.28. The fourth-order valence-corrected chi connectivity index (χ4v) is 3.19. The summed E-state index contributed by atoms with van der Waals surface area (Å²) in [6.07, 6.45) is 3.47. The summed E-state index contributed by atoms with van der Waals surface area (Å²) >= 11 is 6.87. The van der Waals surface area contributed by atoms with Crippen LogP contribution < -0.4 is 0 Å². The first-order valence-corrected chi connectivity index (χ1v) is 8.46. The first-order valence-electron chi connectivity index (χ1n) is 7.17. The van der Waals surface area contributed by atoms with Gasteiger partial charge in [-0.1, -0.05) is 36.4 Å². The van der Waals surface area contributed by atoms with Gasteiger partial charge < -0.3 is 0 Å². The molecule has 0 spiro atoms. The molecule has 0 radical (unpaired) electrons. The zero-order chi connectivity index (χ0) is 16.4. The standard InChI is InChI=1S/C16H12N6S2/c23-16-21-20-15(13-7-4-8-24-13)22(16)18-10-12-9-17-19-14(12)11-5-2-1-3-6-11/h1-10H,(H,17,19)(H,21,23)/b18-10+. The van der Waals surface area contributed by atoms with E-state index >= 15 is 0 Å². The van der Waals surface area contributed by atoms with Crippen LogP contribution in [0, 0.1) is 4.77 Å². The molecule has 0 fully saturated rings. The van der Waals surface area contributed by atoms with Gasteiger partial charge in [0, 0.05) is 11.1 Å². The molecular weight excluding hydrogens is 340 g/mol. The second-order valence-electron chi connectivity index (χ2n) is 4.95. The number of thiophene rings is 1. The van der Waals surface area contributed by atoms with E-state index in [1.165, 1.54) is 0 Å². The third-order valence-electron chi connectivity index (χ3n) is 3.44. The molecule has 0 aliphatic heterocycles. The molecule has 3 heterocycles. The van der Waals surface area contributed by atoms with E-state index in [2.05, 4.69) is 25.5 Å². The highest BCUT2D eigenvalue weighted by Crippen LogP contribution is 2.23. The van der Waals surface area contributed by atoms with Crippen molar-refractivity contribution in [3.8, 4) is 22.0 Å². The number of hydrogen-bond donors (Lipinski definition) is 2. The molecule has 0 unspecified atom stereocenters. The Morgan fingerprint density at radius 1 is 1.12 bits per heavy atom. The fraction of sp³-hybridized carbons (Fsp3) is 0. The second kappa shape index (κ2) is 6.34. The Bertz CT molecular complexity index is 1020. The van der Waals surface area contributed by atoms with Gasteiger partial charge >= 0.3 is 0 Å². The molecule has 0 aliphatic rings. The molecule has 6 nitrogen and oxygen atoms in total. The van der Waals surface area contributed by atoms with Gasteiger partial charge in [-0.25, -0.2) is 5.10 Å². The van der Waals surface area contributed by atoms with Crippen LogP contribution in [0.25, 0.3) is 22.0 Å². The van der Waals surface area contributed by atoms with Crippen molar-refractivity contribution >= 4 is 29.8 Å². The lowest BCUT2D eigenvalue weighted by Gasteiger charge is -2.00. The van der Waals surface area contributed by atoms with Crippen molar-refractivity contribution in [3.63, 3.8) is 0 Å². The van der Waals surface area contributed by atoms with E-state index in [1.54, 1.807) is 28.4 Å². The number of H-pyrrole nitrogens is 2. The van der Waals surface area contributed by atoms with Crippen molar-refractivity contribution in [2.75, 3.05) is 0 Å². The number of aromatic nitrogens is 5. The molecular formula is C16H12N6S2. The van der Waals surface area contributed by atoms with E-state index in [0.29, 0.717) is 10.6 Å². The van der Waals surface area contributed by atoms with Crippen molar-refractivity contribution in [1.82, 2.24) is 25.1 Å². The first kappa shape index (κ1) is 14.7. The molecule has 2 N–H and O–H groups in total. The average Bonchev–Trinajstić information content (AvgIpc) is 3.35. The molecule has 24 heavy (non-hydrogen) atoms. The number of aromatic amines is 2. The van der Waals surface area contributed by atoms with Gasteiger partial charge in [-0.2, -0.15) is 20.0 Å². The van der Waals surface area contributed by atoms with Gasteiger partial charge in [0.1, 0.15) is 0 Å². The predicted molar refractivity (Wildman–Crippen MR) is 97.7 cm³/mol. The van der Waals surface area contributed by atoms with Crippen LogP contribution in [0.4, 0.5) is 0 Å². The predicted octanol–water partition coefficient (Wildman–Crippen LogP) is 3.94. The summed E-state index contributed by atoms with van der Waals surface area (Å²) in [7, 11) is 0. The topological polar surface area (TPSA) is 74.7 Å². The zero-order valence-corrected chi connectivity index (χ0v) is 14.0. The van der Waals surface area contributed by atoms with E-state index in [-0.39, 0.29) is 0 Å². The SMILES string of the molecule is S=c1[nH]nc(-c2cccs2)n1/N=C/c1cn[nH]c1-c1ccccc1. The van der Waals surface area contributed by atoms with E-state index in [9.17, 15) is 0 Å². The van der Waals surface area contributed by atoms with E-state index < -0.39 is 0 Å². The minimum atomic E-state index is 0.444. The summed E-state index contributed by atoms with van der Waals surface area (Å²) in [5.74, 6) is 0.691. The Morgan fingerprint density at radius 2 is 2.00 bits per heavy atom. The summed E-state index contributed by atoms with van der Waals surface area (Å²) in [6.45, 7) is 0. The number of nitrogens with zero attached hydrogens (tertiary/aromatic N) is 4. The summed E-state index contributed by atoms with van der Waals surface area (Å²) in [6, 6.07) is 13.9. The van der Waals surface area contributed by atoms with Gasteiger partial charge in [0.25, 0.3) is 0 Å². The van der Waals surface area contributed by atoms with Crippen LogP contribution in [0.15, 0.2) is 59.1 Å². The zero-order valence-electron chi connectivity index (χ0n) is 12.4. The first-order chi connectivity index (χ1) is 11.8. The maximum absolute atomic E-state index is 5.28. The van der Waals surface area contributed by atoms with E-state index in [0.717, 1.165) is 21.7 Å². The summed E-state index contributed by atoms with van der Waals surface area (Å²) in [5.41, 5.74) is 2.83. The quantitative estimate of drug-likeness (QED) is 0.431. The maximum Gasteiger partial charge on any atom is 0.216 e. The van der Waals surface area contributed by atoms with E-state index in [4.69, 9.17) is 12.2 Å². The Balaban J connectivity index is 1.72. The number of nitrogens with one attached hydrogen (secondary N) is 2. The molecule has 3 aromatic heterocycles. The highest BCUT2D eigenvalue weighted by Gasteiger charge is 2.10. The molecule has 0 aliphatic carbocycles. The monoisotopic (exact) mass is 352 g/mol. The molecule has 8 heteroatoms. The molecule has 118 valence electrons. The van der Waals surface area contributed by atoms with Crippen LogP contribution in [-0.4, -0.2) is 31.3 Å². The summed E-state index contributed by atoms with van der Waals surface area (Å²) in [5, 5.41) is 20.7. The van der Waals surface area contributed by atoms with E-state index in [1.807, 2.05) is 47.8 Å². The second-order valence-corrected chi connectivity index (χ2v) is 6.29. The van der Waals surface area contributed by atoms with Crippen LogP contribution in [0.1, 0.15) is 5.56 Å². The van der Waals surface area contributed by atoms with Gasteiger partial charge in [0.2, 0.25) is 4.77 Å². The summed E-state index contributed by atoms with van der Waals surface area (Å²) in [4.78, 5) is 0.995. The van der Waals surface area contributed by atoms with Crippen LogP contribution >= 0.6 is 23.6 Å². The Kier molecular flexibility index (Phi) is 3.89. The van der Waals surface area contributed by atoms with Crippen molar-refractivity contribution in [1.29, 1.82) is 0 Å². The highest BCUT2D eigenvalue weighted by atomic mass is 32.1. The van der Waals surface area contributed by atoms with Gasteiger partial charge in [0.05, 0.1) is 23.0 Å². The number of benzene rings is 1. The highest BCUT2D eigenvalue weighted by molar-refractivity contribution is 7.71. The van der Waals surface area contributed by atoms with Crippen molar-refractivity contribution in [3.05, 3.63) is 64.4 Å². The lowest BCUT2D eigenvalue weighted by atomic mass is 10.1. The van der Waals surface area contributed by atoms with Gasteiger partial charge in [-0.15, -0.1) is 11.3 Å². The van der Waals surface area contributed by atoms with Crippen LogP contribution in [0.5, 0.6) is 0 Å². The Morgan fingerprint density at radius 3 is 2.79 bits per heavy atom. The van der Waals surface area contributed by atoms with Crippen molar-refractivity contribution in [2.24, 2.45) is 5.10 Å². The number of rotatable bonds is 4. The minimum absolute atomic E-state index is 0.444. The molecule has 0 bridgehead atoms. The molecule has 0 saturated carbocycles. The largest absolute Gasteiger partial charge is 0.277 e. The van der Waals surface area contributed by atoms with Gasteiger partial charge in [-0.05, 0) is 23.7 Å². The van der Waals surface area contributed by atoms with Crippen LogP contribution in [-0.2, 0) is 0 Å². The molecule has 0 saturated heterocycles. The fourth-order valence-electron chi connectivity index (χ4n) is 2.31. The lowest BCUT2D eigenvalue weighted by Crippen LogP contribution is -1.94. The van der Waals surface area contributed by atoms with Crippen LogP contribution in [0.2, 0.25) is 0 Å². The van der Waals surface area contributed by atoms with Gasteiger partial charge in [0.15, 0.2) is 5.82 Å². The molecule has 4 rings (SSSR count). The third kappa shape index (κ3) is 2.72. The Labute approximate surface area is 146 Å². The number of hydrogen-bond acceptors (Lipinski definition) is 5. The minimum Gasteiger partial charge on any atom is -0.277 e. The average molecular weight is 352 g/mol. The van der Waals surface area contributed by atoms with Crippen molar-refractivity contribution < 1.29 is 0 Å². The van der Waals surface area contributed by atoms with Gasteiger partial charge in [-0.3, -0.25) is 5.10 Å². The van der Waals surface area contributed by atoms with Crippen LogP contribution in [0.3, 0.4) is 0 Å². The molecule has 4 aromatic rings. The molecule has 1 aromatic carbocycles. The molecule has 0 amide bonds. The summed E-state index contributed by atoms with van der Waals surface area (Å²) < 4.78 is 2.06. The Hall–Kier alpha value is -2.84. The third-order valence-corrected chi connectivity index (χ3v) is 4.57.